The van der Waals surface area contributed by atoms with Crippen LogP contribution in [0.25, 0.3) is 0 Å². The number of amides is 1. The molecule has 1 fully saturated rings. The highest BCUT2D eigenvalue weighted by Crippen LogP contribution is 2.31. The lowest BCUT2D eigenvalue weighted by Gasteiger charge is -2.32. The Hall–Kier alpha value is -1.55. The molecule has 0 saturated carbocycles. The number of carbonyl (C=O) groups excluding carboxylic acids is 1. The summed E-state index contributed by atoms with van der Waals surface area (Å²) in [5, 5.41) is 6.33. The number of nitrogens with one attached hydrogen (secondary N) is 2. The summed E-state index contributed by atoms with van der Waals surface area (Å²) >= 11 is 0. The molecule has 1 aromatic rings. The fraction of sp³-hybridized carbons (Fsp3) is 0.562. The van der Waals surface area contributed by atoms with Crippen molar-refractivity contribution in [3.05, 3.63) is 23.8 Å². The summed E-state index contributed by atoms with van der Waals surface area (Å²) in [5.74, 6) is 0.808. The lowest BCUT2D eigenvalue weighted by atomic mass is 9.82. The standard InChI is InChI=1S/C16H24N2O2/c1-4-20-14-10-12(2)6-7-13(14)18-15(19)16(3)8-5-9-17-11-16/h6-7,10,17H,4-5,8-9,11H2,1-3H3,(H,18,19). The summed E-state index contributed by atoms with van der Waals surface area (Å²) in [6.07, 6.45) is 1.96. The molecule has 1 atom stereocenters. The maximum absolute atomic E-state index is 12.5. The van der Waals surface area contributed by atoms with E-state index in [0.29, 0.717) is 6.61 Å². The van der Waals surface area contributed by atoms with Crippen molar-refractivity contribution in [3.8, 4) is 5.75 Å². The van der Waals surface area contributed by atoms with Gasteiger partial charge in [-0.1, -0.05) is 6.07 Å². The second kappa shape index (κ2) is 6.27. The second-order valence-electron chi connectivity index (χ2n) is 5.73. The first-order chi connectivity index (χ1) is 9.55. The van der Waals surface area contributed by atoms with Crippen molar-refractivity contribution in [2.24, 2.45) is 5.41 Å². The molecule has 1 heterocycles. The van der Waals surface area contributed by atoms with Crippen LogP contribution in [0, 0.1) is 12.3 Å². The molecular formula is C16H24N2O2. The zero-order chi connectivity index (χ0) is 14.6. The number of ether oxygens (including phenoxy) is 1. The van der Waals surface area contributed by atoms with Gasteiger partial charge in [0.15, 0.2) is 0 Å². The topological polar surface area (TPSA) is 50.4 Å². The number of carbonyl (C=O) groups is 1. The van der Waals surface area contributed by atoms with Crippen LogP contribution in [-0.2, 0) is 4.79 Å². The Kier molecular flexibility index (Phi) is 4.65. The van der Waals surface area contributed by atoms with Crippen molar-refractivity contribution in [1.29, 1.82) is 0 Å². The average molecular weight is 276 g/mol. The minimum absolute atomic E-state index is 0.0644. The highest BCUT2D eigenvalue weighted by Gasteiger charge is 2.34. The normalized spacial score (nSPS) is 22.4. The van der Waals surface area contributed by atoms with Crippen molar-refractivity contribution in [2.75, 3.05) is 25.0 Å². The third-order valence-electron chi connectivity index (χ3n) is 3.83. The molecule has 1 aliphatic heterocycles. The molecule has 1 unspecified atom stereocenters. The Balaban J connectivity index is 2.14. The van der Waals surface area contributed by atoms with Gasteiger partial charge in [-0.05, 0) is 57.9 Å². The Bertz CT molecular complexity index is 479. The van der Waals surface area contributed by atoms with E-state index in [1.165, 1.54) is 0 Å². The zero-order valence-electron chi connectivity index (χ0n) is 12.6. The highest BCUT2D eigenvalue weighted by atomic mass is 16.5. The number of piperidine rings is 1. The summed E-state index contributed by atoms with van der Waals surface area (Å²) in [4.78, 5) is 12.5. The van der Waals surface area contributed by atoms with Gasteiger partial charge < -0.3 is 15.4 Å². The Morgan fingerprint density at radius 1 is 1.50 bits per heavy atom. The van der Waals surface area contributed by atoms with Crippen LogP contribution in [0.2, 0.25) is 0 Å². The van der Waals surface area contributed by atoms with Crippen molar-refractivity contribution in [1.82, 2.24) is 5.32 Å². The van der Waals surface area contributed by atoms with Crippen molar-refractivity contribution in [3.63, 3.8) is 0 Å². The predicted molar refractivity (Wildman–Crippen MR) is 81.2 cm³/mol. The molecule has 2 N–H and O–H groups in total. The van der Waals surface area contributed by atoms with E-state index in [1.54, 1.807) is 0 Å². The van der Waals surface area contributed by atoms with E-state index in [0.717, 1.165) is 42.9 Å². The third-order valence-corrected chi connectivity index (χ3v) is 3.83. The van der Waals surface area contributed by atoms with Gasteiger partial charge >= 0.3 is 0 Å². The first kappa shape index (κ1) is 14.9. The van der Waals surface area contributed by atoms with Gasteiger partial charge in [0.25, 0.3) is 0 Å². The largest absolute Gasteiger partial charge is 0.492 e. The van der Waals surface area contributed by atoms with Crippen LogP contribution < -0.4 is 15.4 Å². The van der Waals surface area contributed by atoms with Crippen LogP contribution in [0.5, 0.6) is 5.75 Å². The van der Waals surface area contributed by atoms with Crippen LogP contribution >= 0.6 is 0 Å². The van der Waals surface area contributed by atoms with Gasteiger partial charge in [0.05, 0.1) is 17.7 Å². The molecule has 1 aliphatic rings. The molecule has 1 amide bonds. The highest BCUT2D eigenvalue weighted by molar-refractivity contribution is 5.96. The first-order valence-electron chi connectivity index (χ1n) is 7.31. The fourth-order valence-corrected chi connectivity index (χ4v) is 2.53. The minimum Gasteiger partial charge on any atom is -0.492 e. The summed E-state index contributed by atoms with van der Waals surface area (Å²) in [5.41, 5.74) is 1.54. The molecule has 1 aromatic carbocycles. The molecule has 0 bridgehead atoms. The first-order valence-corrected chi connectivity index (χ1v) is 7.31. The van der Waals surface area contributed by atoms with E-state index >= 15 is 0 Å². The van der Waals surface area contributed by atoms with E-state index < -0.39 is 0 Å². The fourth-order valence-electron chi connectivity index (χ4n) is 2.53. The lowest BCUT2D eigenvalue weighted by molar-refractivity contribution is -0.125. The summed E-state index contributed by atoms with van der Waals surface area (Å²) in [7, 11) is 0. The monoisotopic (exact) mass is 276 g/mol. The quantitative estimate of drug-likeness (QED) is 0.889. The summed E-state index contributed by atoms with van der Waals surface area (Å²) < 4.78 is 5.61. The molecule has 4 heteroatoms. The van der Waals surface area contributed by atoms with E-state index in [1.807, 2.05) is 39.0 Å². The van der Waals surface area contributed by atoms with Gasteiger partial charge in [0.1, 0.15) is 5.75 Å². The molecule has 2 rings (SSSR count). The van der Waals surface area contributed by atoms with E-state index in [9.17, 15) is 4.79 Å². The number of benzene rings is 1. The van der Waals surface area contributed by atoms with Crippen LogP contribution in [-0.4, -0.2) is 25.6 Å². The molecular weight excluding hydrogens is 252 g/mol. The molecule has 0 spiro atoms. The van der Waals surface area contributed by atoms with Crippen molar-refractivity contribution >= 4 is 11.6 Å². The molecule has 0 aromatic heterocycles. The Morgan fingerprint density at radius 3 is 2.95 bits per heavy atom. The van der Waals surface area contributed by atoms with Gasteiger partial charge in [-0.25, -0.2) is 0 Å². The van der Waals surface area contributed by atoms with Gasteiger partial charge in [0.2, 0.25) is 5.91 Å². The third kappa shape index (κ3) is 3.31. The van der Waals surface area contributed by atoms with Gasteiger partial charge in [-0.3, -0.25) is 4.79 Å². The van der Waals surface area contributed by atoms with Gasteiger partial charge in [-0.2, -0.15) is 0 Å². The van der Waals surface area contributed by atoms with Crippen LogP contribution in [0.3, 0.4) is 0 Å². The van der Waals surface area contributed by atoms with Gasteiger partial charge in [-0.15, -0.1) is 0 Å². The molecule has 0 aliphatic carbocycles. The maximum Gasteiger partial charge on any atom is 0.231 e. The molecule has 4 nitrogen and oxygen atoms in total. The van der Waals surface area contributed by atoms with Crippen LogP contribution in [0.4, 0.5) is 5.69 Å². The van der Waals surface area contributed by atoms with Crippen LogP contribution in [0.1, 0.15) is 32.3 Å². The predicted octanol–water partition coefficient (Wildman–Crippen LogP) is 2.72. The lowest BCUT2D eigenvalue weighted by Crippen LogP contribution is -2.46. The number of anilines is 1. The smallest absolute Gasteiger partial charge is 0.231 e. The Labute approximate surface area is 120 Å². The van der Waals surface area contributed by atoms with E-state index in [2.05, 4.69) is 10.6 Å². The number of hydrogen-bond donors (Lipinski definition) is 2. The summed E-state index contributed by atoms with van der Waals surface area (Å²) in [6, 6.07) is 5.86. The number of aryl methyl sites for hydroxylation is 1. The number of rotatable bonds is 4. The summed E-state index contributed by atoms with van der Waals surface area (Å²) in [6.45, 7) is 8.29. The van der Waals surface area contributed by atoms with E-state index in [-0.39, 0.29) is 11.3 Å². The molecule has 110 valence electrons. The second-order valence-corrected chi connectivity index (χ2v) is 5.73. The maximum atomic E-state index is 12.5. The Morgan fingerprint density at radius 2 is 2.30 bits per heavy atom. The van der Waals surface area contributed by atoms with Crippen molar-refractivity contribution < 1.29 is 9.53 Å². The average Bonchev–Trinajstić information content (AvgIpc) is 2.43. The molecule has 20 heavy (non-hydrogen) atoms. The van der Waals surface area contributed by atoms with Crippen molar-refractivity contribution in [2.45, 2.75) is 33.6 Å². The molecule has 1 saturated heterocycles. The molecule has 0 radical (unpaired) electrons. The minimum atomic E-state index is -0.341. The number of hydrogen-bond acceptors (Lipinski definition) is 3. The van der Waals surface area contributed by atoms with E-state index in [4.69, 9.17) is 4.74 Å². The zero-order valence-corrected chi connectivity index (χ0v) is 12.6. The van der Waals surface area contributed by atoms with Gasteiger partial charge in [0, 0.05) is 6.54 Å². The van der Waals surface area contributed by atoms with Crippen LogP contribution in [0.15, 0.2) is 18.2 Å². The SMILES string of the molecule is CCOc1cc(C)ccc1NC(=O)C1(C)CCCNC1.